The zero-order chi connectivity index (χ0) is 29.9. The number of aromatic amines is 1. The molecule has 14 nitrogen and oxygen atoms in total. The third-order valence-corrected chi connectivity index (χ3v) is 7.99. The van der Waals surface area contributed by atoms with Gasteiger partial charge in [0.05, 0.1) is 19.0 Å². The molecule has 1 aliphatic rings. The molecule has 1 unspecified atom stereocenters. The number of carbonyl (C=O) groups is 1. The number of ether oxygens (including phenoxy) is 2. The Morgan fingerprint density at radius 2 is 2.02 bits per heavy atom. The van der Waals surface area contributed by atoms with Gasteiger partial charge in [0.25, 0.3) is 5.56 Å². The van der Waals surface area contributed by atoms with Gasteiger partial charge in [0, 0.05) is 6.42 Å². The van der Waals surface area contributed by atoms with E-state index >= 15 is 0 Å². The number of H-pyrrole nitrogens is 1. The van der Waals surface area contributed by atoms with Crippen molar-refractivity contribution in [2.75, 3.05) is 12.3 Å². The van der Waals surface area contributed by atoms with Crippen LogP contribution in [0.15, 0.2) is 65.7 Å². The minimum Gasteiger partial charge on any atom is -0.460 e. The number of imidazole rings is 1. The van der Waals surface area contributed by atoms with E-state index in [9.17, 15) is 23.7 Å². The molecule has 1 saturated heterocycles. The number of nitrogens with two attached hydrogens (primary N) is 1. The van der Waals surface area contributed by atoms with Crippen LogP contribution in [0.1, 0.15) is 25.1 Å². The standard InChI is InChI=1S/C26H28FN6O8P/c1-15(25(36)38-12-16-5-3-2-4-6-16)32-42(37,41-18-9-7-17(27)8-10-18)39-13-20-19(34)11-21(40-20)33-14-29-22-23(33)30-26(28)31-24(22)35/h2-10,14-15,19-21,34H,11-13H2,1H3,(H,32,37)(H3,28,30,31,35)/t15-,19+,20+,21+,42?/m0/s1. The molecule has 16 heteroatoms. The largest absolute Gasteiger partial charge is 0.460 e. The summed E-state index contributed by atoms with van der Waals surface area (Å²) in [6.45, 7) is 0.977. The van der Waals surface area contributed by atoms with Gasteiger partial charge in [0.2, 0.25) is 5.95 Å². The minimum absolute atomic E-state index is 0.00150. The molecule has 1 aliphatic heterocycles. The molecule has 222 valence electrons. The van der Waals surface area contributed by atoms with E-state index in [1.165, 1.54) is 30.0 Å². The first-order chi connectivity index (χ1) is 20.1. The lowest BCUT2D eigenvalue weighted by molar-refractivity contribution is -0.146. The van der Waals surface area contributed by atoms with Crippen LogP contribution in [0.4, 0.5) is 10.3 Å². The summed E-state index contributed by atoms with van der Waals surface area (Å²) in [5, 5.41) is 13.2. The monoisotopic (exact) mass is 602 g/mol. The number of rotatable bonds is 11. The number of aliphatic hydroxyl groups excluding tert-OH is 1. The Balaban J connectivity index is 1.28. The maximum Gasteiger partial charge on any atom is 0.459 e. The summed E-state index contributed by atoms with van der Waals surface area (Å²) in [6, 6.07) is 12.5. The van der Waals surface area contributed by atoms with Crippen LogP contribution in [0, 0.1) is 5.82 Å². The van der Waals surface area contributed by atoms with E-state index in [2.05, 4.69) is 20.0 Å². The first kappa shape index (κ1) is 29.4. The first-order valence-corrected chi connectivity index (χ1v) is 14.4. The first-order valence-electron chi connectivity index (χ1n) is 12.8. The Hall–Kier alpha value is -4.14. The molecule has 0 spiro atoms. The highest BCUT2D eigenvalue weighted by molar-refractivity contribution is 7.52. The number of benzene rings is 2. The van der Waals surface area contributed by atoms with Crippen molar-refractivity contribution >= 4 is 30.8 Å². The number of aromatic nitrogens is 4. The lowest BCUT2D eigenvalue weighted by Gasteiger charge is -2.24. The van der Waals surface area contributed by atoms with Crippen LogP contribution >= 0.6 is 7.75 Å². The van der Waals surface area contributed by atoms with Gasteiger partial charge in [0.15, 0.2) is 11.2 Å². The predicted molar refractivity (Wildman–Crippen MR) is 147 cm³/mol. The maximum atomic E-state index is 13.8. The molecule has 3 heterocycles. The van der Waals surface area contributed by atoms with Crippen LogP contribution in [-0.4, -0.2) is 55.5 Å². The lowest BCUT2D eigenvalue weighted by atomic mass is 10.2. The van der Waals surface area contributed by atoms with Crippen LogP contribution in [-0.2, 0) is 30.0 Å². The molecule has 0 bridgehead atoms. The number of hydrogen-bond acceptors (Lipinski definition) is 11. The van der Waals surface area contributed by atoms with E-state index in [0.717, 1.165) is 17.7 Å². The fourth-order valence-electron chi connectivity index (χ4n) is 4.23. The van der Waals surface area contributed by atoms with Crippen LogP contribution in [0.3, 0.4) is 0 Å². The molecule has 4 aromatic rings. The van der Waals surface area contributed by atoms with E-state index < -0.39 is 56.2 Å². The fourth-order valence-corrected chi connectivity index (χ4v) is 5.73. The van der Waals surface area contributed by atoms with E-state index in [1.807, 2.05) is 6.07 Å². The van der Waals surface area contributed by atoms with Gasteiger partial charge in [-0.15, -0.1) is 0 Å². The molecule has 0 aliphatic carbocycles. The molecule has 2 aromatic heterocycles. The number of anilines is 1. The second-order valence-corrected chi connectivity index (χ2v) is 11.2. The van der Waals surface area contributed by atoms with E-state index in [-0.39, 0.29) is 35.9 Å². The zero-order valence-corrected chi connectivity index (χ0v) is 23.1. The van der Waals surface area contributed by atoms with E-state index in [0.29, 0.717) is 0 Å². The van der Waals surface area contributed by atoms with Gasteiger partial charge in [-0.25, -0.2) is 13.9 Å². The highest BCUT2D eigenvalue weighted by Crippen LogP contribution is 2.46. The second-order valence-electron chi connectivity index (χ2n) is 9.49. The molecule has 5 rings (SSSR count). The zero-order valence-electron chi connectivity index (χ0n) is 22.3. The van der Waals surface area contributed by atoms with Gasteiger partial charge < -0.3 is 24.8 Å². The molecule has 1 fully saturated rings. The van der Waals surface area contributed by atoms with Gasteiger partial charge in [-0.2, -0.15) is 10.1 Å². The number of carbonyl (C=O) groups excluding carboxylic acids is 1. The van der Waals surface area contributed by atoms with Crippen molar-refractivity contribution in [1.29, 1.82) is 0 Å². The van der Waals surface area contributed by atoms with Crippen molar-refractivity contribution in [3.05, 3.63) is 82.7 Å². The average Bonchev–Trinajstić information content (AvgIpc) is 3.55. The van der Waals surface area contributed by atoms with Crippen LogP contribution < -0.4 is 20.9 Å². The van der Waals surface area contributed by atoms with Crippen LogP contribution in [0.5, 0.6) is 5.75 Å². The Morgan fingerprint density at radius 3 is 2.76 bits per heavy atom. The van der Waals surface area contributed by atoms with Crippen molar-refractivity contribution in [1.82, 2.24) is 24.6 Å². The normalized spacial score (nSPS) is 20.7. The summed E-state index contributed by atoms with van der Waals surface area (Å²) in [5.74, 6) is -1.38. The van der Waals surface area contributed by atoms with Crippen molar-refractivity contribution in [3.8, 4) is 5.75 Å². The van der Waals surface area contributed by atoms with Crippen LogP contribution in [0.25, 0.3) is 11.2 Å². The third kappa shape index (κ3) is 6.83. The maximum absolute atomic E-state index is 13.8. The Morgan fingerprint density at radius 1 is 1.29 bits per heavy atom. The van der Waals surface area contributed by atoms with Gasteiger partial charge in [-0.05, 0) is 36.8 Å². The van der Waals surface area contributed by atoms with Crippen LogP contribution in [0.2, 0.25) is 0 Å². The number of nitrogens with one attached hydrogen (secondary N) is 2. The number of nitrogen functional groups attached to an aromatic ring is 1. The van der Waals surface area contributed by atoms with Gasteiger partial charge in [0.1, 0.15) is 36.5 Å². The number of aliphatic hydroxyl groups is 1. The summed E-state index contributed by atoms with van der Waals surface area (Å²) >= 11 is 0. The number of fused-ring (bicyclic) bond motifs is 1. The van der Waals surface area contributed by atoms with Crippen molar-refractivity contribution in [2.45, 2.75) is 44.4 Å². The van der Waals surface area contributed by atoms with Crippen molar-refractivity contribution < 1.29 is 37.4 Å². The Kier molecular flexibility index (Phi) is 8.66. The predicted octanol–water partition coefficient (Wildman–Crippen LogP) is 2.41. The summed E-state index contributed by atoms with van der Waals surface area (Å²) in [5.41, 5.74) is 6.08. The fraction of sp³-hybridized carbons (Fsp3) is 0.308. The number of halogens is 1. The molecule has 2 aromatic carbocycles. The molecule has 0 radical (unpaired) electrons. The Labute approximate surface area is 238 Å². The molecular formula is C26H28FN6O8P. The summed E-state index contributed by atoms with van der Waals surface area (Å²) < 4.78 is 51.1. The summed E-state index contributed by atoms with van der Waals surface area (Å²) in [4.78, 5) is 35.3. The third-order valence-electron chi connectivity index (χ3n) is 6.34. The van der Waals surface area contributed by atoms with Gasteiger partial charge in [-0.3, -0.25) is 23.7 Å². The Bertz CT molecular complexity index is 1650. The number of hydrogen-bond donors (Lipinski definition) is 4. The molecule has 0 saturated carbocycles. The highest BCUT2D eigenvalue weighted by atomic mass is 31.2. The lowest BCUT2D eigenvalue weighted by Crippen LogP contribution is -2.36. The van der Waals surface area contributed by atoms with E-state index in [1.54, 1.807) is 24.3 Å². The molecule has 0 amide bonds. The summed E-state index contributed by atoms with van der Waals surface area (Å²) in [6.07, 6.45) is -1.49. The summed E-state index contributed by atoms with van der Waals surface area (Å²) in [7, 11) is -4.33. The highest BCUT2D eigenvalue weighted by Gasteiger charge is 2.40. The topological polar surface area (TPSA) is 193 Å². The molecule has 42 heavy (non-hydrogen) atoms. The average molecular weight is 603 g/mol. The molecular weight excluding hydrogens is 574 g/mol. The van der Waals surface area contributed by atoms with Gasteiger partial charge >= 0.3 is 13.7 Å². The second kappa shape index (κ2) is 12.4. The quantitative estimate of drug-likeness (QED) is 0.145. The number of esters is 1. The SMILES string of the molecule is C[C@H](NP(=O)(OC[C@H]1O[C@@H](n2cnc3c(=O)[nH]c(N)nc32)C[C@H]1O)Oc1ccc(F)cc1)C(=O)OCc1ccccc1. The number of nitrogens with zero attached hydrogens (tertiary/aromatic N) is 3. The van der Waals surface area contributed by atoms with Crippen molar-refractivity contribution in [2.24, 2.45) is 0 Å². The molecule has 5 N–H and O–H groups in total. The van der Waals surface area contributed by atoms with E-state index in [4.69, 9.17) is 24.3 Å². The molecule has 5 atom stereocenters. The minimum atomic E-state index is -4.33. The van der Waals surface area contributed by atoms with Crippen molar-refractivity contribution in [3.63, 3.8) is 0 Å². The van der Waals surface area contributed by atoms with Gasteiger partial charge in [-0.1, -0.05) is 30.3 Å². The smallest absolute Gasteiger partial charge is 0.459 e.